The molecule has 0 radical (unpaired) electrons. The number of amides is 1. The largest absolute Gasteiger partial charge is 0.370 e. The van der Waals surface area contributed by atoms with Crippen molar-refractivity contribution < 1.29 is 4.79 Å². The number of rotatable bonds is 6. The van der Waals surface area contributed by atoms with Crippen molar-refractivity contribution in [3.63, 3.8) is 0 Å². The minimum atomic E-state index is -0.143. The first kappa shape index (κ1) is 20.9. The Kier molecular flexibility index (Phi) is 8.90. The van der Waals surface area contributed by atoms with Gasteiger partial charge in [0.25, 0.3) is 0 Å². The number of anilines is 2. The van der Waals surface area contributed by atoms with Gasteiger partial charge in [-0.05, 0) is 42.7 Å². The molecule has 0 spiro atoms. The lowest BCUT2D eigenvalue weighted by molar-refractivity contribution is -0.116. The Hall–Kier alpha value is -2.16. The van der Waals surface area contributed by atoms with Gasteiger partial charge >= 0.3 is 0 Å². The molecule has 0 saturated heterocycles. The van der Waals surface area contributed by atoms with E-state index in [9.17, 15) is 4.79 Å². The highest BCUT2D eigenvalue weighted by molar-refractivity contribution is 14.0. The van der Waals surface area contributed by atoms with Gasteiger partial charge in [-0.15, -0.1) is 24.0 Å². The van der Waals surface area contributed by atoms with E-state index in [1.165, 1.54) is 5.56 Å². The lowest BCUT2D eigenvalue weighted by Gasteiger charge is -2.07. The number of nitrogens with two attached hydrogens (primary N) is 1. The molecule has 0 saturated carbocycles. The highest BCUT2D eigenvalue weighted by Gasteiger charge is 2.03. The highest BCUT2D eigenvalue weighted by Crippen LogP contribution is 2.10. The number of nitrogens with one attached hydrogen (secondary N) is 2. The number of aliphatic imine (C=N–C) groups is 1. The number of benzene rings is 1. The van der Waals surface area contributed by atoms with Crippen LogP contribution in [0.2, 0.25) is 0 Å². The zero-order valence-electron chi connectivity index (χ0n) is 14.5. The normalized spacial score (nSPS) is 10.7. The molecular weight excluding hydrogens is 429 g/mol. The van der Waals surface area contributed by atoms with E-state index in [-0.39, 0.29) is 36.3 Å². The third-order valence-corrected chi connectivity index (χ3v) is 3.41. The van der Waals surface area contributed by atoms with Crippen LogP contribution in [0.15, 0.2) is 47.6 Å². The molecule has 0 aliphatic rings. The number of aryl methyl sites for hydroxylation is 2. The zero-order valence-corrected chi connectivity index (χ0v) is 16.8. The van der Waals surface area contributed by atoms with E-state index in [1.54, 1.807) is 12.3 Å². The molecule has 2 rings (SSSR count). The van der Waals surface area contributed by atoms with Gasteiger partial charge in [0.2, 0.25) is 5.91 Å². The molecule has 2 aromatic rings. The van der Waals surface area contributed by atoms with Gasteiger partial charge in [0.15, 0.2) is 5.96 Å². The SMILES string of the molecule is CCc1cccc(NC(N)=NCCC(=O)Nc2ccc(C)cn2)c1.I. The van der Waals surface area contributed by atoms with E-state index >= 15 is 0 Å². The lowest BCUT2D eigenvalue weighted by Crippen LogP contribution is -2.23. The first-order valence-electron chi connectivity index (χ1n) is 7.95. The average Bonchev–Trinajstić information content (AvgIpc) is 2.57. The fourth-order valence-electron chi connectivity index (χ4n) is 2.08. The second-order valence-electron chi connectivity index (χ2n) is 5.46. The van der Waals surface area contributed by atoms with Gasteiger partial charge in [-0.2, -0.15) is 0 Å². The third-order valence-electron chi connectivity index (χ3n) is 3.41. The number of nitrogens with zero attached hydrogens (tertiary/aromatic N) is 2. The van der Waals surface area contributed by atoms with Gasteiger partial charge in [-0.25, -0.2) is 4.98 Å². The maximum atomic E-state index is 11.8. The van der Waals surface area contributed by atoms with E-state index in [2.05, 4.69) is 33.6 Å². The first-order valence-corrected chi connectivity index (χ1v) is 7.95. The summed E-state index contributed by atoms with van der Waals surface area (Å²) in [6.45, 7) is 4.35. The number of hydrogen-bond acceptors (Lipinski definition) is 3. The number of pyridine rings is 1. The van der Waals surface area contributed by atoms with E-state index in [0.29, 0.717) is 18.3 Å². The number of carbonyl (C=O) groups is 1. The number of guanidine groups is 1. The molecule has 0 bridgehead atoms. The molecule has 7 heteroatoms. The Balaban J connectivity index is 0.00000312. The first-order chi connectivity index (χ1) is 11.6. The van der Waals surface area contributed by atoms with Crippen LogP contribution in [-0.4, -0.2) is 23.4 Å². The molecule has 1 amide bonds. The molecule has 0 fully saturated rings. The van der Waals surface area contributed by atoms with Gasteiger partial charge in [0.1, 0.15) is 5.82 Å². The number of halogens is 1. The summed E-state index contributed by atoms with van der Waals surface area (Å²) in [5.41, 5.74) is 9.01. The molecule has 4 N–H and O–H groups in total. The van der Waals surface area contributed by atoms with Crippen LogP contribution in [0.1, 0.15) is 24.5 Å². The molecule has 1 aromatic carbocycles. The summed E-state index contributed by atoms with van der Waals surface area (Å²) in [6.07, 6.45) is 2.91. The van der Waals surface area contributed by atoms with E-state index in [4.69, 9.17) is 5.73 Å². The van der Waals surface area contributed by atoms with Gasteiger partial charge in [0, 0.05) is 18.3 Å². The second-order valence-corrected chi connectivity index (χ2v) is 5.46. The maximum absolute atomic E-state index is 11.8. The fraction of sp³-hybridized carbons (Fsp3) is 0.278. The van der Waals surface area contributed by atoms with Gasteiger partial charge < -0.3 is 16.4 Å². The fourth-order valence-corrected chi connectivity index (χ4v) is 2.08. The van der Waals surface area contributed by atoms with Crippen molar-refractivity contribution in [2.75, 3.05) is 17.2 Å². The van der Waals surface area contributed by atoms with Crippen molar-refractivity contribution in [1.82, 2.24) is 4.98 Å². The monoisotopic (exact) mass is 453 g/mol. The van der Waals surface area contributed by atoms with Crippen LogP contribution in [0.4, 0.5) is 11.5 Å². The number of hydrogen-bond donors (Lipinski definition) is 3. The minimum Gasteiger partial charge on any atom is -0.370 e. The summed E-state index contributed by atoms with van der Waals surface area (Å²) >= 11 is 0. The maximum Gasteiger partial charge on any atom is 0.227 e. The van der Waals surface area contributed by atoms with Crippen molar-refractivity contribution in [1.29, 1.82) is 0 Å². The van der Waals surface area contributed by atoms with E-state index < -0.39 is 0 Å². The van der Waals surface area contributed by atoms with Crippen LogP contribution in [-0.2, 0) is 11.2 Å². The van der Waals surface area contributed by atoms with Crippen molar-refractivity contribution >= 4 is 47.3 Å². The van der Waals surface area contributed by atoms with Crippen molar-refractivity contribution in [2.24, 2.45) is 10.7 Å². The molecule has 0 unspecified atom stereocenters. The summed E-state index contributed by atoms with van der Waals surface area (Å²) in [5, 5.41) is 5.76. The zero-order chi connectivity index (χ0) is 17.4. The molecule has 6 nitrogen and oxygen atoms in total. The van der Waals surface area contributed by atoms with Crippen LogP contribution < -0.4 is 16.4 Å². The quantitative estimate of drug-likeness (QED) is 0.356. The molecule has 1 heterocycles. The lowest BCUT2D eigenvalue weighted by atomic mass is 10.1. The van der Waals surface area contributed by atoms with E-state index in [1.807, 2.05) is 31.2 Å². The van der Waals surface area contributed by atoms with Crippen molar-refractivity contribution in [3.05, 3.63) is 53.7 Å². The Morgan fingerprint density at radius 1 is 1.24 bits per heavy atom. The molecule has 0 aliphatic carbocycles. The Labute approximate surface area is 165 Å². The van der Waals surface area contributed by atoms with E-state index in [0.717, 1.165) is 17.7 Å². The van der Waals surface area contributed by atoms with Gasteiger partial charge in [-0.1, -0.05) is 25.1 Å². The third kappa shape index (κ3) is 7.51. The summed E-state index contributed by atoms with van der Waals surface area (Å²) in [4.78, 5) is 20.1. The molecule has 0 atom stereocenters. The summed E-state index contributed by atoms with van der Waals surface area (Å²) in [5.74, 6) is 0.692. The highest BCUT2D eigenvalue weighted by atomic mass is 127. The molecule has 134 valence electrons. The van der Waals surface area contributed by atoms with Crippen molar-refractivity contribution in [2.45, 2.75) is 26.7 Å². The summed E-state index contributed by atoms with van der Waals surface area (Å²) in [6, 6.07) is 11.6. The Morgan fingerprint density at radius 2 is 2.04 bits per heavy atom. The predicted octanol–water partition coefficient (Wildman–Crippen LogP) is 3.33. The van der Waals surface area contributed by atoms with Crippen LogP contribution in [0.25, 0.3) is 0 Å². The predicted molar refractivity (Wildman–Crippen MR) is 114 cm³/mol. The standard InChI is InChI=1S/C18H23N5O.HI/c1-3-14-5-4-6-15(11-14)22-18(19)20-10-9-17(24)23-16-8-7-13(2)12-21-16;/h4-8,11-12H,3,9-10H2,1-2H3,(H3,19,20,22)(H,21,23,24);1H. The molecular formula is C18H24IN5O. The van der Waals surface area contributed by atoms with Crippen LogP contribution in [0.5, 0.6) is 0 Å². The average molecular weight is 453 g/mol. The van der Waals surface area contributed by atoms with Crippen LogP contribution >= 0.6 is 24.0 Å². The summed E-state index contributed by atoms with van der Waals surface area (Å²) in [7, 11) is 0. The van der Waals surface area contributed by atoms with Crippen molar-refractivity contribution in [3.8, 4) is 0 Å². The molecule has 1 aromatic heterocycles. The number of carbonyl (C=O) groups excluding carboxylic acids is 1. The molecule has 25 heavy (non-hydrogen) atoms. The Morgan fingerprint density at radius 3 is 2.72 bits per heavy atom. The number of aromatic nitrogens is 1. The van der Waals surface area contributed by atoms with Crippen LogP contribution in [0.3, 0.4) is 0 Å². The smallest absolute Gasteiger partial charge is 0.227 e. The Bertz CT molecular complexity index is 716. The summed E-state index contributed by atoms with van der Waals surface area (Å²) < 4.78 is 0. The van der Waals surface area contributed by atoms with Gasteiger partial charge in [-0.3, -0.25) is 9.79 Å². The van der Waals surface area contributed by atoms with Gasteiger partial charge in [0.05, 0.1) is 6.54 Å². The van der Waals surface area contributed by atoms with Crippen LogP contribution in [0, 0.1) is 6.92 Å². The second kappa shape index (κ2) is 10.7. The molecule has 0 aliphatic heterocycles. The minimum absolute atomic E-state index is 0. The topological polar surface area (TPSA) is 92.4 Å².